The Kier molecular flexibility index (Phi) is 5.21. The first-order valence-corrected chi connectivity index (χ1v) is 10.1. The summed E-state index contributed by atoms with van der Waals surface area (Å²) in [5.41, 5.74) is 1.02. The summed E-state index contributed by atoms with van der Waals surface area (Å²) in [7, 11) is -3.05. The van der Waals surface area contributed by atoms with Crippen molar-refractivity contribution in [3.05, 3.63) is 65.0 Å². The van der Waals surface area contributed by atoms with Crippen molar-refractivity contribution in [2.75, 3.05) is 6.54 Å². The van der Waals surface area contributed by atoms with Crippen molar-refractivity contribution >= 4 is 13.4 Å². The molecule has 0 atom stereocenters. The average Bonchev–Trinajstić information content (AvgIpc) is 2.52. The predicted octanol–water partition coefficient (Wildman–Crippen LogP) is 3.63. The molecule has 0 aliphatic carbocycles. The van der Waals surface area contributed by atoms with Crippen LogP contribution in [0.1, 0.15) is 5.56 Å². The largest absolute Gasteiger partial charge is 0.333 e. The molecule has 1 nitrogen and oxygen atoms in total. The first kappa shape index (κ1) is 17.6. The van der Waals surface area contributed by atoms with Gasteiger partial charge in [-0.3, -0.25) is 0 Å². The van der Waals surface area contributed by atoms with Gasteiger partial charge in [0.15, 0.2) is 31.5 Å². The van der Waals surface area contributed by atoms with Gasteiger partial charge in [0.1, 0.15) is 0 Å². The minimum Gasteiger partial charge on any atom is -0.333 e. The van der Waals surface area contributed by atoms with Crippen molar-refractivity contribution < 1.29 is 22.0 Å². The standard InChI is InChI=1S/C16H16F5NSi/c1-23(2,22-9-8-10-6-4-3-5-7-10)16-14(20)12(18)11(17)13(19)15(16)21/h3-7,22H,8-9H2,1-2H3. The van der Waals surface area contributed by atoms with Crippen LogP contribution in [-0.2, 0) is 6.42 Å². The topological polar surface area (TPSA) is 12.0 Å². The van der Waals surface area contributed by atoms with E-state index in [-0.39, 0.29) is 0 Å². The SMILES string of the molecule is C[Si](C)(NCCc1ccccc1)c1c(F)c(F)c(F)c(F)c1F. The molecule has 0 aromatic heterocycles. The van der Waals surface area contributed by atoms with Gasteiger partial charge in [-0.1, -0.05) is 43.4 Å². The van der Waals surface area contributed by atoms with Crippen LogP contribution in [0, 0.1) is 29.1 Å². The quantitative estimate of drug-likeness (QED) is 0.378. The van der Waals surface area contributed by atoms with E-state index < -0.39 is 42.5 Å². The van der Waals surface area contributed by atoms with Crippen LogP contribution < -0.4 is 10.2 Å². The molecule has 0 heterocycles. The van der Waals surface area contributed by atoms with Crippen LogP contribution in [0.2, 0.25) is 13.1 Å². The summed E-state index contributed by atoms with van der Waals surface area (Å²) in [6, 6.07) is 9.39. The van der Waals surface area contributed by atoms with Gasteiger partial charge in [-0.25, -0.2) is 22.0 Å². The van der Waals surface area contributed by atoms with Gasteiger partial charge in [0.2, 0.25) is 5.82 Å². The second-order valence-electron chi connectivity index (χ2n) is 5.73. The summed E-state index contributed by atoms with van der Waals surface area (Å²) < 4.78 is 67.7. The summed E-state index contributed by atoms with van der Waals surface area (Å²) in [6.07, 6.45) is 0.590. The number of hydrogen-bond donors (Lipinski definition) is 1. The molecule has 0 aliphatic rings. The van der Waals surface area contributed by atoms with E-state index in [0.717, 1.165) is 5.56 Å². The summed E-state index contributed by atoms with van der Waals surface area (Å²) >= 11 is 0. The molecular weight excluding hydrogens is 329 g/mol. The molecule has 0 aliphatic heterocycles. The summed E-state index contributed by atoms with van der Waals surface area (Å²) in [6.45, 7) is 3.40. The number of halogens is 5. The first-order valence-electron chi connectivity index (χ1n) is 7.06. The van der Waals surface area contributed by atoms with Crippen LogP contribution in [0.15, 0.2) is 30.3 Å². The molecule has 0 spiro atoms. The van der Waals surface area contributed by atoms with Crippen LogP contribution in [-0.4, -0.2) is 14.8 Å². The molecule has 0 unspecified atom stereocenters. The lowest BCUT2D eigenvalue weighted by Crippen LogP contribution is -2.59. The zero-order valence-electron chi connectivity index (χ0n) is 12.7. The Bertz CT molecular complexity index is 674. The van der Waals surface area contributed by atoms with E-state index in [1.807, 2.05) is 30.3 Å². The highest BCUT2D eigenvalue weighted by Gasteiger charge is 2.36. The highest BCUT2D eigenvalue weighted by molar-refractivity contribution is 6.87. The van der Waals surface area contributed by atoms with Crippen molar-refractivity contribution in [2.24, 2.45) is 0 Å². The molecule has 7 heteroatoms. The van der Waals surface area contributed by atoms with Gasteiger partial charge in [0, 0.05) is 5.19 Å². The van der Waals surface area contributed by atoms with E-state index >= 15 is 0 Å². The molecule has 0 radical (unpaired) electrons. The van der Waals surface area contributed by atoms with Gasteiger partial charge in [-0.15, -0.1) is 0 Å². The molecule has 23 heavy (non-hydrogen) atoms. The maximum atomic E-state index is 13.9. The average molecular weight is 345 g/mol. The zero-order chi connectivity index (χ0) is 17.2. The molecule has 124 valence electrons. The molecule has 0 bridgehead atoms. The summed E-state index contributed by atoms with van der Waals surface area (Å²) in [5, 5.41) is -0.720. The molecule has 2 aromatic rings. The van der Waals surface area contributed by atoms with Crippen molar-refractivity contribution in [3.63, 3.8) is 0 Å². The molecule has 0 amide bonds. The van der Waals surface area contributed by atoms with Crippen LogP contribution >= 0.6 is 0 Å². The normalized spacial score (nSPS) is 11.8. The van der Waals surface area contributed by atoms with E-state index in [1.165, 1.54) is 13.1 Å². The van der Waals surface area contributed by atoms with Gasteiger partial charge in [0.25, 0.3) is 0 Å². The van der Waals surface area contributed by atoms with Gasteiger partial charge in [-0.2, -0.15) is 0 Å². The fraction of sp³-hybridized carbons (Fsp3) is 0.250. The first-order chi connectivity index (χ1) is 10.8. The third-order valence-electron chi connectivity index (χ3n) is 3.66. The minimum atomic E-state index is -3.05. The Labute approximate surface area is 132 Å². The van der Waals surface area contributed by atoms with Crippen LogP contribution in [0.5, 0.6) is 0 Å². The van der Waals surface area contributed by atoms with Crippen LogP contribution in [0.25, 0.3) is 0 Å². The lowest BCUT2D eigenvalue weighted by Gasteiger charge is -2.26. The van der Waals surface area contributed by atoms with E-state index in [9.17, 15) is 22.0 Å². The van der Waals surface area contributed by atoms with Gasteiger partial charge < -0.3 is 4.98 Å². The fourth-order valence-corrected chi connectivity index (χ4v) is 4.65. The van der Waals surface area contributed by atoms with Crippen molar-refractivity contribution in [2.45, 2.75) is 19.5 Å². The highest BCUT2D eigenvalue weighted by Crippen LogP contribution is 2.19. The maximum Gasteiger partial charge on any atom is 0.200 e. The Morgan fingerprint density at radius 2 is 1.26 bits per heavy atom. The van der Waals surface area contributed by atoms with Crippen molar-refractivity contribution in [1.82, 2.24) is 4.98 Å². The molecule has 0 fully saturated rings. The lowest BCUT2D eigenvalue weighted by atomic mass is 10.2. The van der Waals surface area contributed by atoms with E-state index in [1.54, 1.807) is 0 Å². The van der Waals surface area contributed by atoms with E-state index in [0.29, 0.717) is 13.0 Å². The summed E-state index contributed by atoms with van der Waals surface area (Å²) in [5.74, 6) is -9.41. The molecule has 0 saturated carbocycles. The number of nitrogens with one attached hydrogen (secondary N) is 1. The monoisotopic (exact) mass is 345 g/mol. The molecule has 0 saturated heterocycles. The number of benzene rings is 2. The molecule has 1 N–H and O–H groups in total. The minimum absolute atomic E-state index is 0.378. The van der Waals surface area contributed by atoms with E-state index in [2.05, 4.69) is 4.98 Å². The third kappa shape index (κ3) is 3.61. The number of hydrogen-bond acceptors (Lipinski definition) is 1. The molecular formula is C16H16F5NSi. The third-order valence-corrected chi connectivity index (χ3v) is 6.48. The summed E-state index contributed by atoms with van der Waals surface area (Å²) in [4.78, 5) is 2.98. The molecule has 2 rings (SSSR count). The van der Waals surface area contributed by atoms with Crippen molar-refractivity contribution in [1.29, 1.82) is 0 Å². The van der Waals surface area contributed by atoms with Crippen LogP contribution in [0.4, 0.5) is 22.0 Å². The van der Waals surface area contributed by atoms with Gasteiger partial charge in [-0.05, 0) is 18.5 Å². The Hall–Kier alpha value is -1.73. The predicted molar refractivity (Wildman–Crippen MR) is 81.5 cm³/mol. The van der Waals surface area contributed by atoms with Gasteiger partial charge >= 0.3 is 0 Å². The Morgan fingerprint density at radius 3 is 1.78 bits per heavy atom. The second-order valence-corrected chi connectivity index (χ2v) is 9.84. The second kappa shape index (κ2) is 6.80. The van der Waals surface area contributed by atoms with E-state index in [4.69, 9.17) is 0 Å². The zero-order valence-corrected chi connectivity index (χ0v) is 13.7. The fourth-order valence-electron chi connectivity index (χ4n) is 2.41. The Balaban J connectivity index is 2.23. The molecule has 2 aromatic carbocycles. The van der Waals surface area contributed by atoms with Crippen LogP contribution in [0.3, 0.4) is 0 Å². The lowest BCUT2D eigenvalue weighted by molar-refractivity contribution is 0.383. The number of rotatable bonds is 5. The van der Waals surface area contributed by atoms with Gasteiger partial charge in [0.05, 0.1) is 0 Å². The Morgan fingerprint density at radius 1 is 0.783 bits per heavy atom. The van der Waals surface area contributed by atoms with Crippen molar-refractivity contribution in [3.8, 4) is 0 Å². The maximum absolute atomic E-state index is 13.9. The smallest absolute Gasteiger partial charge is 0.200 e. The highest BCUT2D eigenvalue weighted by atomic mass is 28.3.